The molecule has 0 aromatic carbocycles. The zero-order valence-corrected chi connectivity index (χ0v) is 10.4. The summed E-state index contributed by atoms with van der Waals surface area (Å²) < 4.78 is 1.59. The summed E-state index contributed by atoms with van der Waals surface area (Å²) in [6, 6.07) is 5.88. The van der Waals surface area contributed by atoms with Crippen LogP contribution in [0.1, 0.15) is 30.3 Å². The van der Waals surface area contributed by atoms with Crippen LogP contribution in [0, 0.1) is 6.92 Å². The molecule has 2 rings (SSSR count). The Hall–Kier alpha value is -1.42. The minimum Gasteiger partial charge on any atom is -0.259 e. The molecule has 0 atom stereocenters. The molecule has 4 heteroatoms. The van der Waals surface area contributed by atoms with Gasteiger partial charge in [0.25, 0.3) is 0 Å². The van der Waals surface area contributed by atoms with Crippen LogP contribution in [0.5, 0.6) is 0 Å². The molecule has 84 valence electrons. The molecule has 2 heterocycles. The van der Waals surface area contributed by atoms with Crippen LogP contribution >= 0.6 is 11.3 Å². The molecular formula is C12H14N2OS. The van der Waals surface area contributed by atoms with Crippen molar-refractivity contribution in [1.82, 2.24) is 9.55 Å². The molecule has 16 heavy (non-hydrogen) atoms. The number of nitrogens with zero attached hydrogens (tertiary/aromatic N) is 2. The van der Waals surface area contributed by atoms with E-state index in [1.54, 1.807) is 22.1 Å². The fourth-order valence-electron chi connectivity index (χ4n) is 1.44. The van der Waals surface area contributed by atoms with Crippen LogP contribution in [0.4, 0.5) is 0 Å². The Morgan fingerprint density at radius 2 is 2.06 bits per heavy atom. The number of rotatable bonds is 2. The van der Waals surface area contributed by atoms with E-state index in [-0.39, 0.29) is 5.69 Å². The number of hydrogen-bond donors (Lipinski definition) is 0. The molecule has 0 aliphatic carbocycles. The molecule has 0 radical (unpaired) electrons. The van der Waals surface area contributed by atoms with E-state index >= 15 is 0 Å². The highest BCUT2D eigenvalue weighted by Crippen LogP contribution is 2.25. The van der Waals surface area contributed by atoms with Crippen LogP contribution in [0.2, 0.25) is 0 Å². The minimum atomic E-state index is -0.211. The first-order chi connectivity index (χ1) is 7.58. The summed E-state index contributed by atoms with van der Waals surface area (Å²) in [5, 5.41) is 0.932. The zero-order valence-electron chi connectivity index (χ0n) is 9.60. The highest BCUT2D eigenvalue weighted by atomic mass is 32.1. The van der Waals surface area contributed by atoms with E-state index in [9.17, 15) is 4.79 Å². The summed E-state index contributed by atoms with van der Waals surface area (Å²) in [4.78, 5) is 16.9. The average molecular weight is 234 g/mol. The quantitative estimate of drug-likeness (QED) is 0.800. The third kappa shape index (κ3) is 2.07. The van der Waals surface area contributed by atoms with E-state index in [4.69, 9.17) is 0 Å². The van der Waals surface area contributed by atoms with E-state index in [0.29, 0.717) is 5.92 Å². The largest absolute Gasteiger partial charge is 0.352 e. The molecule has 0 N–H and O–H groups in total. The highest BCUT2D eigenvalue weighted by molar-refractivity contribution is 7.14. The maximum Gasteiger partial charge on any atom is 0.352 e. The SMILES string of the molecule is Cc1ccn(-c2ccc(C(C)C)s2)c(=O)n1. The van der Waals surface area contributed by atoms with Crippen LogP contribution in [0.3, 0.4) is 0 Å². The van der Waals surface area contributed by atoms with E-state index < -0.39 is 0 Å². The summed E-state index contributed by atoms with van der Waals surface area (Å²) in [7, 11) is 0. The van der Waals surface area contributed by atoms with Crippen LogP contribution in [-0.2, 0) is 0 Å². The third-order valence-corrected chi connectivity index (χ3v) is 3.75. The van der Waals surface area contributed by atoms with Crippen molar-refractivity contribution in [1.29, 1.82) is 0 Å². The molecule has 0 aliphatic rings. The van der Waals surface area contributed by atoms with Crippen molar-refractivity contribution in [2.24, 2.45) is 0 Å². The fourth-order valence-corrected chi connectivity index (χ4v) is 2.42. The average Bonchev–Trinajstić information content (AvgIpc) is 2.66. The number of aryl methyl sites for hydroxylation is 1. The topological polar surface area (TPSA) is 34.9 Å². The lowest BCUT2D eigenvalue weighted by atomic mass is 10.2. The Balaban J connectivity index is 2.47. The second-order valence-electron chi connectivity index (χ2n) is 4.05. The summed E-state index contributed by atoms with van der Waals surface area (Å²) in [5.41, 5.74) is 0.541. The van der Waals surface area contributed by atoms with Gasteiger partial charge in [-0.05, 0) is 31.0 Å². The number of aromatic nitrogens is 2. The van der Waals surface area contributed by atoms with Crippen LogP contribution in [0.15, 0.2) is 29.2 Å². The Labute approximate surface area is 98.4 Å². The van der Waals surface area contributed by atoms with Crippen LogP contribution in [0.25, 0.3) is 5.00 Å². The van der Waals surface area contributed by atoms with E-state index in [0.717, 1.165) is 10.7 Å². The molecule has 2 aromatic rings. The monoisotopic (exact) mass is 234 g/mol. The van der Waals surface area contributed by atoms with Gasteiger partial charge in [0.15, 0.2) is 0 Å². The molecule has 0 bridgehead atoms. The Kier molecular flexibility index (Phi) is 2.92. The maximum absolute atomic E-state index is 11.7. The molecular weight excluding hydrogens is 220 g/mol. The molecule has 0 amide bonds. The second-order valence-corrected chi connectivity index (χ2v) is 5.15. The van der Waals surface area contributed by atoms with Crippen LogP contribution < -0.4 is 5.69 Å². The molecule has 0 spiro atoms. The Morgan fingerprint density at radius 1 is 1.31 bits per heavy atom. The second kappa shape index (κ2) is 4.22. The fraction of sp³-hybridized carbons (Fsp3) is 0.333. The molecule has 2 aromatic heterocycles. The Bertz CT molecular complexity index is 554. The van der Waals surface area contributed by atoms with Gasteiger partial charge in [-0.2, -0.15) is 4.98 Å². The summed E-state index contributed by atoms with van der Waals surface area (Å²) in [6.07, 6.45) is 1.78. The smallest absolute Gasteiger partial charge is 0.259 e. The Morgan fingerprint density at radius 3 is 2.62 bits per heavy atom. The van der Waals surface area contributed by atoms with Gasteiger partial charge in [-0.3, -0.25) is 4.57 Å². The van der Waals surface area contributed by atoms with Crippen molar-refractivity contribution in [3.63, 3.8) is 0 Å². The maximum atomic E-state index is 11.7. The molecule has 0 unspecified atom stereocenters. The number of thiophene rings is 1. The van der Waals surface area contributed by atoms with Gasteiger partial charge in [-0.1, -0.05) is 13.8 Å². The molecule has 0 aliphatic heterocycles. The molecule has 0 saturated heterocycles. The van der Waals surface area contributed by atoms with Gasteiger partial charge in [0, 0.05) is 16.8 Å². The lowest BCUT2D eigenvalue weighted by Crippen LogP contribution is -2.20. The van der Waals surface area contributed by atoms with Crippen molar-refractivity contribution < 1.29 is 0 Å². The van der Waals surface area contributed by atoms with Crippen LogP contribution in [-0.4, -0.2) is 9.55 Å². The summed E-state index contributed by atoms with van der Waals surface area (Å²) in [6.45, 7) is 6.11. The lowest BCUT2D eigenvalue weighted by Gasteiger charge is -2.01. The third-order valence-electron chi connectivity index (χ3n) is 2.36. The van der Waals surface area contributed by atoms with Crippen molar-refractivity contribution >= 4 is 11.3 Å². The van der Waals surface area contributed by atoms with Gasteiger partial charge < -0.3 is 0 Å². The van der Waals surface area contributed by atoms with Gasteiger partial charge >= 0.3 is 5.69 Å². The molecule has 0 fully saturated rings. The predicted molar refractivity (Wildman–Crippen MR) is 66.5 cm³/mol. The first kappa shape index (κ1) is 11.1. The van der Waals surface area contributed by atoms with Gasteiger partial charge in [0.05, 0.1) is 0 Å². The summed E-state index contributed by atoms with van der Waals surface area (Å²) in [5.74, 6) is 0.493. The molecule has 3 nitrogen and oxygen atoms in total. The van der Waals surface area contributed by atoms with E-state index in [1.165, 1.54) is 4.88 Å². The van der Waals surface area contributed by atoms with Crippen molar-refractivity contribution in [3.05, 3.63) is 45.5 Å². The van der Waals surface area contributed by atoms with E-state index in [1.807, 2.05) is 19.1 Å². The van der Waals surface area contributed by atoms with E-state index in [2.05, 4.69) is 24.9 Å². The standard InChI is InChI=1S/C12H14N2OS/c1-8(2)10-4-5-11(16-10)14-7-6-9(3)13-12(14)15/h4-8H,1-3H3. The lowest BCUT2D eigenvalue weighted by molar-refractivity contribution is 0.890. The van der Waals surface area contributed by atoms with Crippen molar-refractivity contribution in [2.45, 2.75) is 26.7 Å². The zero-order chi connectivity index (χ0) is 11.7. The highest BCUT2D eigenvalue weighted by Gasteiger charge is 2.06. The molecule has 0 saturated carbocycles. The van der Waals surface area contributed by atoms with Crippen molar-refractivity contribution in [3.8, 4) is 5.00 Å². The van der Waals surface area contributed by atoms with Gasteiger partial charge in [-0.25, -0.2) is 4.79 Å². The van der Waals surface area contributed by atoms with Gasteiger partial charge in [0.2, 0.25) is 0 Å². The normalized spacial score (nSPS) is 11.0. The first-order valence-electron chi connectivity index (χ1n) is 5.24. The first-order valence-corrected chi connectivity index (χ1v) is 6.06. The van der Waals surface area contributed by atoms with Gasteiger partial charge in [0.1, 0.15) is 5.00 Å². The minimum absolute atomic E-state index is 0.211. The predicted octanol–water partition coefficient (Wildman–Crippen LogP) is 2.73. The number of hydrogen-bond acceptors (Lipinski definition) is 3. The van der Waals surface area contributed by atoms with Gasteiger partial charge in [-0.15, -0.1) is 11.3 Å². The van der Waals surface area contributed by atoms with Crippen molar-refractivity contribution in [2.75, 3.05) is 0 Å². The summed E-state index contributed by atoms with van der Waals surface area (Å²) >= 11 is 1.64.